The van der Waals surface area contributed by atoms with Crippen LogP contribution >= 0.6 is 0 Å². The molecule has 2 saturated heterocycles. The number of hydrogen-bond acceptors (Lipinski definition) is 5. The van der Waals surface area contributed by atoms with Gasteiger partial charge in [0.05, 0.1) is 12.9 Å². The first-order valence-corrected chi connectivity index (χ1v) is 12.0. The fraction of sp³-hybridized carbons (Fsp3) is 0.700. The van der Waals surface area contributed by atoms with Crippen LogP contribution in [0.1, 0.15) is 36.9 Å². The van der Waals surface area contributed by atoms with Crippen LogP contribution in [-0.4, -0.2) is 80.7 Å². The molecule has 2 fully saturated rings. The van der Waals surface area contributed by atoms with Crippen molar-refractivity contribution in [2.75, 3.05) is 52.1 Å². The zero-order valence-electron chi connectivity index (χ0n) is 16.4. The molecule has 0 radical (unpaired) electrons. The molecule has 1 atom stereocenters. The summed E-state index contributed by atoms with van der Waals surface area (Å²) < 4.78 is 30.7. The smallest absolute Gasteiger partial charge is 0.211 e. The van der Waals surface area contributed by atoms with E-state index in [0.29, 0.717) is 25.2 Å². The fourth-order valence-corrected chi connectivity index (χ4v) is 5.56. The second-order valence-corrected chi connectivity index (χ2v) is 10.1. The lowest BCUT2D eigenvalue weighted by molar-refractivity contribution is 0.0555. The Morgan fingerprint density at radius 2 is 1.78 bits per heavy atom. The van der Waals surface area contributed by atoms with Crippen LogP contribution in [0.2, 0.25) is 0 Å². The van der Waals surface area contributed by atoms with E-state index in [0.717, 1.165) is 57.8 Å². The standard InChI is InChI=1S/C20H31N3O3S/c1-16(18-4-3-17-7-14-26-20(17)15-18)21-10-12-22(13-11-21)19-5-8-23(9-6-19)27(2,24)25/h3-4,15-16,19H,5-14H2,1-2H3/t16-/m0/s1. The maximum absolute atomic E-state index is 11.7. The monoisotopic (exact) mass is 393 g/mol. The van der Waals surface area contributed by atoms with Crippen molar-refractivity contribution in [3.63, 3.8) is 0 Å². The molecule has 4 rings (SSSR count). The zero-order valence-corrected chi connectivity index (χ0v) is 17.2. The van der Waals surface area contributed by atoms with Crippen molar-refractivity contribution in [2.24, 2.45) is 0 Å². The van der Waals surface area contributed by atoms with E-state index in [2.05, 4.69) is 34.9 Å². The molecule has 0 amide bonds. The Morgan fingerprint density at radius 3 is 2.44 bits per heavy atom. The molecule has 0 bridgehead atoms. The molecule has 1 aromatic rings. The number of ether oxygens (including phenoxy) is 1. The van der Waals surface area contributed by atoms with Gasteiger partial charge in [-0.3, -0.25) is 9.80 Å². The number of benzene rings is 1. The average Bonchev–Trinajstić information content (AvgIpc) is 3.15. The highest BCUT2D eigenvalue weighted by Crippen LogP contribution is 2.31. The molecule has 1 aromatic carbocycles. The Kier molecular flexibility index (Phi) is 5.47. The SMILES string of the molecule is C[C@@H](c1ccc2c(c1)OCC2)N1CCN(C2CCN(S(C)(=O)=O)CC2)CC1. The molecule has 0 spiro atoms. The van der Waals surface area contributed by atoms with E-state index in [4.69, 9.17) is 4.74 Å². The highest BCUT2D eigenvalue weighted by atomic mass is 32.2. The minimum Gasteiger partial charge on any atom is -0.493 e. The number of rotatable bonds is 4. The summed E-state index contributed by atoms with van der Waals surface area (Å²) in [5.41, 5.74) is 2.67. The number of fused-ring (bicyclic) bond motifs is 1. The van der Waals surface area contributed by atoms with Gasteiger partial charge in [-0.05, 0) is 37.0 Å². The molecular weight excluding hydrogens is 362 g/mol. The Bertz CT molecular complexity index is 767. The number of piperidine rings is 1. The summed E-state index contributed by atoms with van der Waals surface area (Å²) in [6.45, 7) is 8.67. The Morgan fingerprint density at radius 1 is 1.07 bits per heavy atom. The molecule has 3 aliphatic rings. The second-order valence-electron chi connectivity index (χ2n) is 8.11. The van der Waals surface area contributed by atoms with Crippen molar-refractivity contribution in [3.8, 4) is 5.75 Å². The lowest BCUT2D eigenvalue weighted by Gasteiger charge is -2.43. The third kappa shape index (κ3) is 4.16. The highest BCUT2D eigenvalue weighted by molar-refractivity contribution is 7.88. The predicted octanol–water partition coefficient (Wildman–Crippen LogP) is 1.72. The number of piperazine rings is 1. The van der Waals surface area contributed by atoms with Gasteiger partial charge >= 0.3 is 0 Å². The lowest BCUT2D eigenvalue weighted by Crippen LogP contribution is -2.53. The van der Waals surface area contributed by atoms with Crippen molar-refractivity contribution in [1.82, 2.24) is 14.1 Å². The number of sulfonamides is 1. The summed E-state index contributed by atoms with van der Waals surface area (Å²) in [5.74, 6) is 1.07. The molecular formula is C20H31N3O3S. The van der Waals surface area contributed by atoms with Gasteiger partial charge < -0.3 is 4.74 Å². The minimum absolute atomic E-state index is 0.397. The van der Waals surface area contributed by atoms with Crippen LogP contribution < -0.4 is 4.74 Å². The minimum atomic E-state index is -3.04. The summed E-state index contributed by atoms with van der Waals surface area (Å²) in [6, 6.07) is 7.62. The van der Waals surface area contributed by atoms with Crippen molar-refractivity contribution < 1.29 is 13.2 Å². The van der Waals surface area contributed by atoms with Crippen molar-refractivity contribution in [3.05, 3.63) is 29.3 Å². The molecule has 0 unspecified atom stereocenters. The van der Waals surface area contributed by atoms with E-state index < -0.39 is 10.0 Å². The maximum atomic E-state index is 11.7. The summed E-state index contributed by atoms with van der Waals surface area (Å²) in [4.78, 5) is 5.12. The van der Waals surface area contributed by atoms with Gasteiger partial charge in [0, 0.05) is 57.8 Å². The van der Waals surface area contributed by atoms with Crippen LogP contribution in [0.5, 0.6) is 5.75 Å². The topological polar surface area (TPSA) is 53.1 Å². The van der Waals surface area contributed by atoms with Crippen molar-refractivity contribution in [1.29, 1.82) is 0 Å². The van der Waals surface area contributed by atoms with E-state index in [1.807, 2.05) is 0 Å². The van der Waals surface area contributed by atoms with Gasteiger partial charge in [0.25, 0.3) is 0 Å². The number of nitrogens with zero attached hydrogens (tertiary/aromatic N) is 3. The molecule has 0 aromatic heterocycles. The Balaban J connectivity index is 1.30. The Labute approximate surface area is 163 Å². The van der Waals surface area contributed by atoms with Gasteiger partial charge in [-0.1, -0.05) is 12.1 Å². The van der Waals surface area contributed by atoms with Gasteiger partial charge in [-0.25, -0.2) is 12.7 Å². The molecule has 150 valence electrons. The third-order valence-corrected chi connectivity index (χ3v) is 7.81. The summed E-state index contributed by atoms with van der Waals surface area (Å²) in [5, 5.41) is 0. The van der Waals surface area contributed by atoms with Gasteiger partial charge in [0.2, 0.25) is 10.0 Å². The molecule has 7 heteroatoms. The van der Waals surface area contributed by atoms with E-state index in [1.165, 1.54) is 17.4 Å². The average molecular weight is 394 g/mol. The first kappa shape index (κ1) is 19.2. The van der Waals surface area contributed by atoms with Crippen LogP contribution in [0, 0.1) is 0 Å². The normalized spacial score (nSPS) is 24.5. The van der Waals surface area contributed by atoms with Crippen LogP contribution in [0.25, 0.3) is 0 Å². The molecule has 0 saturated carbocycles. The van der Waals surface area contributed by atoms with Crippen molar-refractivity contribution >= 4 is 10.0 Å². The van der Waals surface area contributed by atoms with Gasteiger partial charge in [0.1, 0.15) is 5.75 Å². The van der Waals surface area contributed by atoms with Crippen molar-refractivity contribution in [2.45, 2.75) is 38.3 Å². The molecule has 3 heterocycles. The second kappa shape index (κ2) is 7.70. The number of hydrogen-bond donors (Lipinski definition) is 0. The van der Waals surface area contributed by atoms with E-state index in [-0.39, 0.29) is 0 Å². The molecule has 27 heavy (non-hydrogen) atoms. The Hall–Kier alpha value is -1.15. The summed E-state index contributed by atoms with van der Waals surface area (Å²) in [7, 11) is -3.04. The summed E-state index contributed by atoms with van der Waals surface area (Å²) in [6.07, 6.45) is 4.24. The quantitative estimate of drug-likeness (QED) is 0.780. The molecule has 0 N–H and O–H groups in total. The summed E-state index contributed by atoms with van der Waals surface area (Å²) >= 11 is 0. The zero-order chi connectivity index (χ0) is 19.0. The highest BCUT2D eigenvalue weighted by Gasteiger charge is 2.31. The third-order valence-electron chi connectivity index (χ3n) is 6.51. The van der Waals surface area contributed by atoms with Crippen LogP contribution in [0.4, 0.5) is 0 Å². The van der Waals surface area contributed by atoms with E-state index in [1.54, 1.807) is 4.31 Å². The van der Waals surface area contributed by atoms with Gasteiger partial charge in [-0.2, -0.15) is 0 Å². The maximum Gasteiger partial charge on any atom is 0.211 e. The first-order valence-electron chi connectivity index (χ1n) is 10.1. The van der Waals surface area contributed by atoms with Crippen LogP contribution in [-0.2, 0) is 16.4 Å². The van der Waals surface area contributed by atoms with Crippen LogP contribution in [0.15, 0.2) is 18.2 Å². The van der Waals surface area contributed by atoms with Crippen LogP contribution in [0.3, 0.4) is 0 Å². The fourth-order valence-electron chi connectivity index (χ4n) is 4.68. The lowest BCUT2D eigenvalue weighted by atomic mass is 10.0. The molecule has 0 aliphatic carbocycles. The van der Waals surface area contributed by atoms with E-state index >= 15 is 0 Å². The van der Waals surface area contributed by atoms with E-state index in [9.17, 15) is 8.42 Å². The van der Waals surface area contributed by atoms with Gasteiger partial charge in [0.15, 0.2) is 0 Å². The first-order chi connectivity index (χ1) is 12.9. The largest absolute Gasteiger partial charge is 0.493 e. The predicted molar refractivity (Wildman–Crippen MR) is 107 cm³/mol. The van der Waals surface area contributed by atoms with Gasteiger partial charge in [-0.15, -0.1) is 0 Å². The molecule has 6 nitrogen and oxygen atoms in total. The molecule has 3 aliphatic heterocycles.